The first kappa shape index (κ1) is 30.4. The van der Waals surface area contributed by atoms with Crippen LogP contribution in [0, 0.1) is 11.2 Å². The summed E-state index contributed by atoms with van der Waals surface area (Å²) in [6.07, 6.45) is -1.79. The number of benzene rings is 2. The summed E-state index contributed by atoms with van der Waals surface area (Å²) in [5.41, 5.74) is 13.2. The van der Waals surface area contributed by atoms with Crippen LogP contribution in [0.4, 0.5) is 23.2 Å². The van der Waals surface area contributed by atoms with Crippen molar-refractivity contribution in [2.75, 3.05) is 12.0 Å². The van der Waals surface area contributed by atoms with Crippen molar-refractivity contribution in [1.82, 2.24) is 9.55 Å². The Bertz CT molecular complexity index is 1690. The molecule has 0 radical (unpaired) electrons. The molecule has 208 valence electrons. The molecule has 39 heavy (non-hydrogen) atoms. The van der Waals surface area contributed by atoms with Gasteiger partial charge in [0, 0.05) is 15.7 Å². The van der Waals surface area contributed by atoms with E-state index in [2.05, 4.69) is 20.9 Å². The smallest absolute Gasteiger partial charge is 0.475 e. The van der Waals surface area contributed by atoms with Crippen molar-refractivity contribution in [3.8, 4) is 0 Å². The van der Waals surface area contributed by atoms with Gasteiger partial charge in [0.25, 0.3) is 0 Å². The van der Waals surface area contributed by atoms with Crippen LogP contribution in [0.15, 0.2) is 61.2 Å². The minimum atomic E-state index is -5.08. The number of carbonyl (C=O) groups is 1. The first-order valence-corrected chi connectivity index (χ1v) is 14.6. The Morgan fingerprint density at radius 1 is 1.26 bits per heavy atom. The third-order valence-electron chi connectivity index (χ3n) is 5.01. The van der Waals surface area contributed by atoms with Crippen LogP contribution < -0.4 is 11.5 Å². The lowest BCUT2D eigenvalue weighted by atomic mass is 10.2. The number of hydrogen-bond donors (Lipinski definition) is 4. The Morgan fingerprint density at radius 3 is 2.46 bits per heavy atom. The molecule has 2 aromatic heterocycles. The van der Waals surface area contributed by atoms with Gasteiger partial charge in [-0.2, -0.15) is 13.2 Å². The zero-order valence-corrected chi connectivity index (χ0v) is 23.6. The van der Waals surface area contributed by atoms with Crippen molar-refractivity contribution < 1.29 is 35.9 Å². The Hall–Kier alpha value is -3.15. The van der Waals surface area contributed by atoms with Gasteiger partial charge in [-0.3, -0.25) is 5.41 Å². The number of rotatable bonds is 6. The van der Waals surface area contributed by atoms with Crippen molar-refractivity contribution in [2.24, 2.45) is 5.73 Å². The number of nitrogens with zero attached hydrogens (tertiary/aromatic N) is 2. The van der Waals surface area contributed by atoms with Crippen LogP contribution in [-0.2, 0) is 21.2 Å². The number of anilines is 1. The number of amidine groups is 1. The fourth-order valence-electron chi connectivity index (χ4n) is 3.25. The van der Waals surface area contributed by atoms with Gasteiger partial charge in [0.1, 0.15) is 11.7 Å². The van der Waals surface area contributed by atoms with E-state index in [9.17, 15) is 26.0 Å². The van der Waals surface area contributed by atoms with Gasteiger partial charge in [-0.25, -0.2) is 22.6 Å². The van der Waals surface area contributed by atoms with Crippen LogP contribution in [0.1, 0.15) is 10.4 Å². The number of thioether (sulfide) groups is 1. The highest BCUT2D eigenvalue weighted by atomic mass is 79.9. The molecule has 17 heteroatoms. The van der Waals surface area contributed by atoms with Crippen LogP contribution in [0.2, 0.25) is 0 Å². The summed E-state index contributed by atoms with van der Waals surface area (Å²) in [6, 6.07) is 8.76. The minimum Gasteiger partial charge on any atom is -0.475 e. The van der Waals surface area contributed by atoms with Crippen LogP contribution >= 0.6 is 39.0 Å². The topological polar surface area (TPSA) is 165 Å². The monoisotopic (exact) mass is 667 g/mol. The van der Waals surface area contributed by atoms with Crippen LogP contribution in [-0.4, -0.2) is 47.3 Å². The Balaban J connectivity index is 0.000000532. The molecule has 0 amide bonds. The lowest BCUT2D eigenvalue weighted by Gasteiger charge is -2.10. The molecule has 6 N–H and O–H groups in total. The molecular formula is C22H18BrF4N5O4S3. The number of nitrogens with one attached hydrogen (secondary N) is 1. The van der Waals surface area contributed by atoms with Gasteiger partial charge in [-0.15, -0.1) is 23.1 Å². The highest BCUT2D eigenvalue weighted by Gasteiger charge is 2.38. The molecule has 9 nitrogen and oxygen atoms in total. The zero-order valence-electron chi connectivity index (χ0n) is 19.6. The summed E-state index contributed by atoms with van der Waals surface area (Å²) >= 11 is 5.90. The van der Waals surface area contributed by atoms with E-state index in [4.69, 9.17) is 26.8 Å². The predicted molar refractivity (Wildman–Crippen MR) is 144 cm³/mol. The van der Waals surface area contributed by atoms with Crippen molar-refractivity contribution in [3.63, 3.8) is 0 Å². The molecule has 0 aliphatic heterocycles. The SMILES string of the molecule is CSc1sc(C(=N)N)cc1S(=O)(=O)c1cc(Br)c2c(c1)ncn2Cc1cc(N)ccc1F.O=C(O)C(F)(F)F. The van der Waals surface area contributed by atoms with E-state index in [0.717, 1.165) is 11.3 Å². The zero-order chi connectivity index (χ0) is 29.3. The highest BCUT2D eigenvalue weighted by Crippen LogP contribution is 2.38. The number of aromatic nitrogens is 2. The van der Waals surface area contributed by atoms with Gasteiger partial charge in [-0.05, 0) is 58.6 Å². The number of hydrogen-bond acceptors (Lipinski definition) is 8. The fraction of sp³-hybridized carbons (Fsp3) is 0.136. The second kappa shape index (κ2) is 11.5. The van der Waals surface area contributed by atoms with E-state index >= 15 is 0 Å². The molecule has 0 saturated heterocycles. The molecule has 0 unspecified atom stereocenters. The van der Waals surface area contributed by atoms with E-state index < -0.39 is 22.0 Å². The van der Waals surface area contributed by atoms with Crippen molar-refractivity contribution in [3.05, 3.63) is 63.5 Å². The molecule has 2 heterocycles. The third kappa shape index (κ3) is 6.71. The molecule has 0 bridgehead atoms. The summed E-state index contributed by atoms with van der Waals surface area (Å²) in [5, 5.41) is 14.7. The van der Waals surface area contributed by atoms with Crippen LogP contribution in [0.5, 0.6) is 0 Å². The number of nitrogens with two attached hydrogens (primary N) is 2. The quantitative estimate of drug-likeness (QED) is 0.0725. The molecule has 0 fully saturated rings. The lowest BCUT2D eigenvalue weighted by molar-refractivity contribution is -0.192. The number of aliphatic carboxylic acids is 1. The number of thiophene rings is 1. The molecule has 0 aliphatic carbocycles. The van der Waals surface area contributed by atoms with Gasteiger partial charge in [0.05, 0.1) is 42.8 Å². The van der Waals surface area contributed by atoms with Gasteiger partial charge < -0.3 is 21.1 Å². The van der Waals surface area contributed by atoms with Gasteiger partial charge >= 0.3 is 12.1 Å². The Labute approximate surface area is 235 Å². The number of carboxylic acid groups (broad SMARTS) is 1. The molecule has 0 aliphatic rings. The number of halogens is 5. The molecule has 0 atom stereocenters. The summed E-state index contributed by atoms with van der Waals surface area (Å²) in [6.45, 7) is 0.182. The first-order valence-electron chi connectivity index (χ1n) is 10.3. The average Bonchev–Trinajstić information content (AvgIpc) is 3.46. The van der Waals surface area contributed by atoms with Crippen molar-refractivity contribution in [2.45, 2.75) is 26.7 Å². The number of sulfone groups is 1. The summed E-state index contributed by atoms with van der Waals surface area (Å²) in [7, 11) is -3.89. The lowest BCUT2D eigenvalue weighted by Crippen LogP contribution is -2.21. The van der Waals surface area contributed by atoms with Crippen molar-refractivity contribution in [1.29, 1.82) is 5.41 Å². The summed E-state index contributed by atoms with van der Waals surface area (Å²) in [4.78, 5) is 13.8. The maximum absolute atomic E-state index is 14.2. The van der Waals surface area contributed by atoms with E-state index in [-0.39, 0.29) is 28.0 Å². The number of alkyl halides is 3. The summed E-state index contributed by atoms with van der Waals surface area (Å²) in [5.74, 6) is -3.33. The average molecular weight is 669 g/mol. The van der Waals surface area contributed by atoms with Crippen LogP contribution in [0.25, 0.3) is 11.0 Å². The fourth-order valence-corrected chi connectivity index (χ4v) is 7.99. The first-order chi connectivity index (χ1) is 18.1. The molecular weight excluding hydrogens is 650 g/mol. The molecule has 0 spiro atoms. The largest absolute Gasteiger partial charge is 0.490 e. The van der Waals surface area contributed by atoms with Gasteiger partial charge in [-0.1, -0.05) is 0 Å². The summed E-state index contributed by atoms with van der Waals surface area (Å²) < 4.78 is 75.5. The van der Waals surface area contributed by atoms with Crippen molar-refractivity contribution >= 4 is 77.4 Å². The highest BCUT2D eigenvalue weighted by molar-refractivity contribution is 9.10. The van der Waals surface area contributed by atoms with Gasteiger partial charge in [0.2, 0.25) is 9.84 Å². The maximum atomic E-state index is 14.2. The minimum absolute atomic E-state index is 0.0560. The number of imidazole rings is 1. The second-order valence-electron chi connectivity index (χ2n) is 7.68. The Morgan fingerprint density at radius 2 is 1.90 bits per heavy atom. The molecule has 0 saturated carbocycles. The van der Waals surface area contributed by atoms with E-state index in [0.29, 0.717) is 35.8 Å². The molecule has 2 aromatic carbocycles. The normalized spacial score (nSPS) is 11.7. The van der Waals surface area contributed by atoms with E-state index in [1.807, 2.05) is 0 Å². The number of nitrogen functional groups attached to an aromatic ring is 2. The van der Waals surface area contributed by atoms with E-state index in [1.54, 1.807) is 16.9 Å². The second-order valence-corrected chi connectivity index (χ2v) is 12.6. The Kier molecular flexibility index (Phi) is 8.99. The predicted octanol–water partition coefficient (Wildman–Crippen LogP) is 5.10. The standard InChI is InChI=1S/C20H17BrFN5O2S3.C2HF3O2/c1-30-20-17(7-16(31-20)19(24)25)32(28,29)12-5-13(21)18-15(6-12)26-9-27(18)8-10-4-11(23)2-3-14(10)22;3-2(4,5)1(6)7/h2-7,9H,8,23H2,1H3,(H3,24,25);(H,6,7). The van der Waals surface area contributed by atoms with E-state index in [1.165, 1.54) is 48.4 Å². The third-order valence-corrected chi connectivity index (χ3v) is 9.93. The van der Waals surface area contributed by atoms with Crippen LogP contribution in [0.3, 0.4) is 0 Å². The number of fused-ring (bicyclic) bond motifs is 1. The molecule has 4 aromatic rings. The maximum Gasteiger partial charge on any atom is 0.490 e. The molecule has 4 rings (SSSR count). The van der Waals surface area contributed by atoms with Gasteiger partial charge in [0.15, 0.2) is 0 Å². The number of carboxylic acids is 1.